The zero-order valence-corrected chi connectivity index (χ0v) is 8.41. The lowest BCUT2D eigenvalue weighted by atomic mass is 9.88. The fourth-order valence-corrected chi connectivity index (χ4v) is 1.29. The normalized spacial score (nSPS) is 20.7. The van der Waals surface area contributed by atoms with E-state index < -0.39 is 12.0 Å². The van der Waals surface area contributed by atoms with Crippen LogP contribution in [0.15, 0.2) is 0 Å². The lowest BCUT2D eigenvalue weighted by Crippen LogP contribution is -2.51. The molecule has 1 aliphatic rings. The lowest BCUT2D eigenvalue weighted by molar-refractivity contribution is -0.142. The van der Waals surface area contributed by atoms with Crippen molar-refractivity contribution in [1.29, 1.82) is 0 Å². The number of amides is 1. The molecule has 0 aromatic rings. The molecule has 2 unspecified atom stereocenters. The second-order valence-corrected chi connectivity index (χ2v) is 3.78. The van der Waals surface area contributed by atoms with Crippen LogP contribution >= 0.6 is 0 Å². The molecule has 14 heavy (non-hydrogen) atoms. The van der Waals surface area contributed by atoms with Crippen molar-refractivity contribution in [2.45, 2.75) is 19.9 Å². The summed E-state index contributed by atoms with van der Waals surface area (Å²) in [4.78, 5) is 22.0. The number of carboxylic acids is 1. The van der Waals surface area contributed by atoms with E-state index in [2.05, 4.69) is 10.6 Å². The Bertz CT molecular complexity index is 238. The molecule has 5 nitrogen and oxygen atoms in total. The first kappa shape index (κ1) is 11.0. The van der Waals surface area contributed by atoms with Crippen LogP contribution in [0.3, 0.4) is 0 Å². The van der Waals surface area contributed by atoms with E-state index in [-0.39, 0.29) is 11.8 Å². The van der Waals surface area contributed by atoms with Crippen molar-refractivity contribution in [3.8, 4) is 0 Å². The quantitative estimate of drug-likeness (QED) is 0.568. The van der Waals surface area contributed by atoms with Gasteiger partial charge in [-0.05, 0) is 25.9 Å². The fraction of sp³-hybridized carbons (Fsp3) is 0.778. The number of carbonyl (C=O) groups excluding carboxylic acids is 1. The van der Waals surface area contributed by atoms with Crippen molar-refractivity contribution in [3.63, 3.8) is 0 Å². The summed E-state index contributed by atoms with van der Waals surface area (Å²) in [5, 5.41) is 14.1. The van der Waals surface area contributed by atoms with E-state index in [9.17, 15) is 9.59 Å². The molecule has 0 aromatic carbocycles. The highest BCUT2D eigenvalue weighted by atomic mass is 16.4. The maximum absolute atomic E-state index is 11.5. The van der Waals surface area contributed by atoms with Crippen LogP contribution in [0.5, 0.6) is 0 Å². The molecule has 3 N–H and O–H groups in total. The predicted molar refractivity (Wildman–Crippen MR) is 50.8 cm³/mol. The van der Waals surface area contributed by atoms with Gasteiger partial charge in [0.05, 0.1) is 0 Å². The molecule has 1 saturated heterocycles. The van der Waals surface area contributed by atoms with Gasteiger partial charge in [-0.15, -0.1) is 0 Å². The first-order valence-corrected chi connectivity index (χ1v) is 4.76. The third-order valence-electron chi connectivity index (χ3n) is 2.66. The van der Waals surface area contributed by atoms with Gasteiger partial charge in [-0.2, -0.15) is 0 Å². The maximum atomic E-state index is 11.5. The molecule has 1 heterocycles. The van der Waals surface area contributed by atoms with E-state index in [0.29, 0.717) is 5.92 Å². The number of aliphatic carboxylic acids is 1. The van der Waals surface area contributed by atoms with Crippen LogP contribution in [-0.4, -0.2) is 36.1 Å². The molecule has 80 valence electrons. The fourth-order valence-electron chi connectivity index (χ4n) is 1.29. The SMILES string of the molecule is CC(NC(=O)C(C)C1CNC1)C(=O)O. The Morgan fingerprint density at radius 2 is 2.00 bits per heavy atom. The molecule has 0 bridgehead atoms. The van der Waals surface area contributed by atoms with E-state index in [1.165, 1.54) is 6.92 Å². The Morgan fingerprint density at radius 1 is 1.43 bits per heavy atom. The molecule has 0 aromatic heterocycles. The first-order chi connectivity index (χ1) is 6.52. The molecular weight excluding hydrogens is 184 g/mol. The van der Waals surface area contributed by atoms with Gasteiger partial charge in [-0.25, -0.2) is 0 Å². The summed E-state index contributed by atoms with van der Waals surface area (Å²) in [5.41, 5.74) is 0. The number of hydrogen-bond acceptors (Lipinski definition) is 3. The monoisotopic (exact) mass is 200 g/mol. The minimum Gasteiger partial charge on any atom is -0.480 e. The number of carboxylic acid groups (broad SMARTS) is 1. The van der Waals surface area contributed by atoms with Gasteiger partial charge in [-0.3, -0.25) is 9.59 Å². The Kier molecular flexibility index (Phi) is 3.46. The summed E-state index contributed by atoms with van der Waals surface area (Å²) in [6.45, 7) is 4.98. The molecule has 0 aliphatic carbocycles. The number of hydrogen-bond donors (Lipinski definition) is 3. The standard InChI is InChI=1S/C9H16N2O3/c1-5(7-3-10-4-7)8(12)11-6(2)9(13)14/h5-7,10H,3-4H2,1-2H3,(H,11,12)(H,13,14). The van der Waals surface area contributed by atoms with Crippen LogP contribution in [-0.2, 0) is 9.59 Å². The summed E-state index contributed by atoms with van der Waals surface area (Å²) < 4.78 is 0. The number of carbonyl (C=O) groups is 2. The average molecular weight is 200 g/mol. The van der Waals surface area contributed by atoms with Crippen LogP contribution in [0.2, 0.25) is 0 Å². The Morgan fingerprint density at radius 3 is 2.36 bits per heavy atom. The number of rotatable bonds is 4. The van der Waals surface area contributed by atoms with Gasteiger partial charge in [0, 0.05) is 5.92 Å². The van der Waals surface area contributed by atoms with E-state index in [0.717, 1.165) is 13.1 Å². The molecular formula is C9H16N2O3. The Hall–Kier alpha value is -1.10. The summed E-state index contributed by atoms with van der Waals surface area (Å²) in [6, 6.07) is -0.807. The van der Waals surface area contributed by atoms with Gasteiger partial charge in [0.2, 0.25) is 5.91 Å². The third-order valence-corrected chi connectivity index (χ3v) is 2.66. The van der Waals surface area contributed by atoms with Crippen LogP contribution in [0.4, 0.5) is 0 Å². The van der Waals surface area contributed by atoms with Crippen molar-refractivity contribution in [1.82, 2.24) is 10.6 Å². The molecule has 1 fully saturated rings. The summed E-state index contributed by atoms with van der Waals surface area (Å²) in [6.07, 6.45) is 0. The van der Waals surface area contributed by atoms with Crippen molar-refractivity contribution < 1.29 is 14.7 Å². The predicted octanol–water partition coefficient (Wildman–Crippen LogP) is -0.569. The van der Waals surface area contributed by atoms with Gasteiger partial charge in [-0.1, -0.05) is 6.92 Å². The highest BCUT2D eigenvalue weighted by Crippen LogP contribution is 2.15. The molecule has 5 heteroatoms. The second-order valence-electron chi connectivity index (χ2n) is 3.78. The molecule has 1 amide bonds. The van der Waals surface area contributed by atoms with E-state index >= 15 is 0 Å². The third kappa shape index (κ3) is 2.45. The Balaban J connectivity index is 2.36. The Labute approximate surface area is 82.9 Å². The zero-order valence-electron chi connectivity index (χ0n) is 8.41. The highest BCUT2D eigenvalue weighted by Gasteiger charge is 2.29. The van der Waals surface area contributed by atoms with Gasteiger partial charge in [0.1, 0.15) is 6.04 Å². The average Bonchev–Trinajstić information content (AvgIpc) is 2.00. The van der Waals surface area contributed by atoms with Gasteiger partial charge in [0.25, 0.3) is 0 Å². The summed E-state index contributed by atoms with van der Waals surface area (Å²) in [5.74, 6) is -0.947. The highest BCUT2D eigenvalue weighted by molar-refractivity contribution is 5.84. The summed E-state index contributed by atoms with van der Waals surface area (Å²) in [7, 11) is 0. The molecule has 2 atom stereocenters. The zero-order chi connectivity index (χ0) is 10.7. The van der Waals surface area contributed by atoms with Crippen LogP contribution in [0.1, 0.15) is 13.8 Å². The maximum Gasteiger partial charge on any atom is 0.325 e. The van der Waals surface area contributed by atoms with E-state index in [1.807, 2.05) is 6.92 Å². The van der Waals surface area contributed by atoms with E-state index in [4.69, 9.17) is 5.11 Å². The van der Waals surface area contributed by atoms with Crippen LogP contribution in [0.25, 0.3) is 0 Å². The first-order valence-electron chi connectivity index (χ1n) is 4.76. The van der Waals surface area contributed by atoms with Crippen LogP contribution in [0, 0.1) is 11.8 Å². The van der Waals surface area contributed by atoms with Crippen molar-refractivity contribution in [3.05, 3.63) is 0 Å². The molecule has 0 radical (unpaired) electrons. The molecule has 0 spiro atoms. The number of nitrogens with one attached hydrogen (secondary N) is 2. The minimum atomic E-state index is -1.00. The smallest absolute Gasteiger partial charge is 0.325 e. The molecule has 0 saturated carbocycles. The van der Waals surface area contributed by atoms with Gasteiger partial charge < -0.3 is 15.7 Å². The van der Waals surface area contributed by atoms with Crippen molar-refractivity contribution >= 4 is 11.9 Å². The van der Waals surface area contributed by atoms with Crippen molar-refractivity contribution in [2.24, 2.45) is 11.8 Å². The minimum absolute atomic E-state index is 0.113. The topological polar surface area (TPSA) is 78.4 Å². The van der Waals surface area contributed by atoms with E-state index in [1.54, 1.807) is 0 Å². The molecule has 1 aliphatic heterocycles. The van der Waals surface area contributed by atoms with Gasteiger partial charge in [0.15, 0.2) is 0 Å². The second kappa shape index (κ2) is 4.41. The molecule has 1 rings (SSSR count). The van der Waals surface area contributed by atoms with Crippen molar-refractivity contribution in [2.75, 3.05) is 13.1 Å². The van der Waals surface area contributed by atoms with Gasteiger partial charge >= 0.3 is 5.97 Å². The summed E-state index contributed by atoms with van der Waals surface area (Å²) >= 11 is 0. The lowest BCUT2D eigenvalue weighted by Gasteiger charge is -2.32. The largest absolute Gasteiger partial charge is 0.480 e. The van der Waals surface area contributed by atoms with Crippen LogP contribution < -0.4 is 10.6 Å².